The van der Waals surface area contributed by atoms with E-state index >= 15 is 0 Å². The highest BCUT2D eigenvalue weighted by atomic mass is 32.2. The first-order valence-electron chi connectivity index (χ1n) is 6.06. The molecule has 2 aromatic rings. The van der Waals surface area contributed by atoms with Crippen molar-refractivity contribution in [2.24, 2.45) is 11.7 Å². The van der Waals surface area contributed by atoms with Gasteiger partial charge in [0.1, 0.15) is 5.82 Å². The molecule has 1 heterocycles. The molecule has 0 amide bonds. The summed E-state index contributed by atoms with van der Waals surface area (Å²) in [6, 6.07) is 8.39. The number of nitrogens with two attached hydrogens (primary N) is 1. The molecule has 0 aliphatic carbocycles. The van der Waals surface area contributed by atoms with Gasteiger partial charge in [-0.1, -0.05) is 26.0 Å². The first-order chi connectivity index (χ1) is 8.61. The molecular weight excluding hydrogens is 242 g/mol. The zero-order valence-corrected chi connectivity index (χ0v) is 11.8. The van der Waals surface area contributed by atoms with Gasteiger partial charge in [0, 0.05) is 4.90 Å². The molecule has 0 fully saturated rings. The van der Waals surface area contributed by atoms with Crippen LogP contribution in [0.4, 0.5) is 0 Å². The molecule has 0 radical (unpaired) electrons. The predicted molar refractivity (Wildman–Crippen MR) is 77.6 cm³/mol. The highest BCUT2D eigenvalue weighted by molar-refractivity contribution is 7.98. The maximum absolute atomic E-state index is 6.08. The SMILES string of the molecule is CSc1ccc(-c2cnc([C@@H](N)C(C)C)[nH]2)cc1. The quantitative estimate of drug-likeness (QED) is 0.829. The first kappa shape index (κ1) is 13.2. The number of nitrogens with zero attached hydrogens (tertiary/aromatic N) is 1. The Balaban J connectivity index is 2.23. The number of hydrogen-bond acceptors (Lipinski definition) is 3. The lowest BCUT2D eigenvalue weighted by Crippen LogP contribution is -2.18. The fourth-order valence-electron chi connectivity index (χ4n) is 1.74. The Morgan fingerprint density at radius 1 is 1.22 bits per heavy atom. The summed E-state index contributed by atoms with van der Waals surface area (Å²) in [6.07, 6.45) is 3.93. The number of aromatic nitrogens is 2. The van der Waals surface area contributed by atoms with Gasteiger partial charge in [0.05, 0.1) is 17.9 Å². The summed E-state index contributed by atoms with van der Waals surface area (Å²) in [5.74, 6) is 1.23. The Hall–Kier alpha value is -1.26. The molecule has 1 atom stereocenters. The Morgan fingerprint density at radius 3 is 2.44 bits per heavy atom. The Labute approximate surface area is 112 Å². The van der Waals surface area contributed by atoms with Crippen molar-refractivity contribution in [1.29, 1.82) is 0 Å². The third kappa shape index (κ3) is 2.76. The Bertz CT molecular complexity index is 502. The molecule has 0 aliphatic heterocycles. The van der Waals surface area contributed by atoms with Crippen LogP contribution in [-0.4, -0.2) is 16.2 Å². The molecule has 1 aromatic carbocycles. The van der Waals surface area contributed by atoms with Crippen LogP contribution in [0, 0.1) is 5.92 Å². The average Bonchev–Trinajstić information content (AvgIpc) is 2.87. The van der Waals surface area contributed by atoms with Crippen molar-refractivity contribution in [2.75, 3.05) is 6.26 Å². The van der Waals surface area contributed by atoms with Crippen LogP contribution < -0.4 is 5.73 Å². The smallest absolute Gasteiger partial charge is 0.123 e. The molecule has 3 nitrogen and oxygen atoms in total. The summed E-state index contributed by atoms with van der Waals surface area (Å²) < 4.78 is 0. The van der Waals surface area contributed by atoms with Crippen molar-refractivity contribution < 1.29 is 0 Å². The van der Waals surface area contributed by atoms with E-state index in [0.717, 1.165) is 17.1 Å². The molecule has 96 valence electrons. The molecule has 0 aliphatic rings. The third-order valence-electron chi connectivity index (χ3n) is 3.03. The summed E-state index contributed by atoms with van der Waals surface area (Å²) in [7, 11) is 0. The van der Waals surface area contributed by atoms with E-state index in [0.29, 0.717) is 5.92 Å². The van der Waals surface area contributed by atoms with E-state index in [2.05, 4.69) is 54.3 Å². The van der Waals surface area contributed by atoms with Crippen LogP contribution in [0.5, 0.6) is 0 Å². The van der Waals surface area contributed by atoms with E-state index in [4.69, 9.17) is 5.73 Å². The molecule has 1 aromatic heterocycles. The zero-order chi connectivity index (χ0) is 13.1. The second kappa shape index (κ2) is 5.59. The molecular formula is C14H19N3S. The highest BCUT2D eigenvalue weighted by Crippen LogP contribution is 2.23. The summed E-state index contributed by atoms with van der Waals surface area (Å²) in [5.41, 5.74) is 8.24. The predicted octanol–water partition coefficient (Wildman–Crippen LogP) is 3.45. The normalized spacial score (nSPS) is 12.9. The van der Waals surface area contributed by atoms with Crippen molar-refractivity contribution in [3.05, 3.63) is 36.3 Å². The Morgan fingerprint density at radius 2 is 1.89 bits per heavy atom. The standard InChI is InChI=1S/C14H19N3S/c1-9(2)13(15)14-16-8-12(17-14)10-4-6-11(18-3)7-5-10/h4-9,13H,15H2,1-3H3,(H,16,17)/t13-/m0/s1. The van der Waals surface area contributed by atoms with Gasteiger partial charge in [-0.05, 0) is 29.9 Å². The van der Waals surface area contributed by atoms with E-state index in [1.807, 2.05) is 6.20 Å². The molecule has 4 heteroatoms. The van der Waals surface area contributed by atoms with Crippen LogP contribution in [0.2, 0.25) is 0 Å². The van der Waals surface area contributed by atoms with Gasteiger partial charge >= 0.3 is 0 Å². The highest BCUT2D eigenvalue weighted by Gasteiger charge is 2.14. The van der Waals surface area contributed by atoms with Crippen molar-refractivity contribution in [2.45, 2.75) is 24.8 Å². The average molecular weight is 261 g/mol. The fourth-order valence-corrected chi connectivity index (χ4v) is 2.15. The van der Waals surface area contributed by atoms with E-state index in [1.54, 1.807) is 11.8 Å². The van der Waals surface area contributed by atoms with Gasteiger partial charge in [0.2, 0.25) is 0 Å². The van der Waals surface area contributed by atoms with Crippen LogP contribution in [-0.2, 0) is 0 Å². The third-order valence-corrected chi connectivity index (χ3v) is 3.77. The summed E-state index contributed by atoms with van der Waals surface area (Å²) >= 11 is 1.74. The topological polar surface area (TPSA) is 54.7 Å². The monoisotopic (exact) mass is 261 g/mol. The van der Waals surface area contributed by atoms with E-state index < -0.39 is 0 Å². The van der Waals surface area contributed by atoms with Crippen LogP contribution in [0.1, 0.15) is 25.7 Å². The number of rotatable bonds is 4. The number of imidazole rings is 1. The van der Waals surface area contributed by atoms with Crippen molar-refractivity contribution >= 4 is 11.8 Å². The van der Waals surface area contributed by atoms with Gasteiger partial charge in [-0.15, -0.1) is 11.8 Å². The van der Waals surface area contributed by atoms with Gasteiger partial charge in [0.25, 0.3) is 0 Å². The largest absolute Gasteiger partial charge is 0.341 e. The van der Waals surface area contributed by atoms with Crippen LogP contribution in [0.15, 0.2) is 35.4 Å². The van der Waals surface area contributed by atoms with E-state index in [1.165, 1.54) is 4.90 Å². The maximum Gasteiger partial charge on any atom is 0.123 e. The zero-order valence-electron chi connectivity index (χ0n) is 11.0. The van der Waals surface area contributed by atoms with E-state index in [-0.39, 0.29) is 6.04 Å². The molecule has 0 spiro atoms. The molecule has 2 rings (SSSR count). The number of benzene rings is 1. The summed E-state index contributed by atoms with van der Waals surface area (Å²) in [4.78, 5) is 8.94. The first-order valence-corrected chi connectivity index (χ1v) is 7.29. The molecule has 18 heavy (non-hydrogen) atoms. The van der Waals surface area contributed by atoms with Crippen molar-refractivity contribution in [1.82, 2.24) is 9.97 Å². The van der Waals surface area contributed by atoms with Gasteiger partial charge in [-0.25, -0.2) is 4.98 Å². The van der Waals surface area contributed by atoms with Crippen LogP contribution in [0.25, 0.3) is 11.3 Å². The van der Waals surface area contributed by atoms with Gasteiger partial charge in [-0.3, -0.25) is 0 Å². The number of thioether (sulfide) groups is 1. The van der Waals surface area contributed by atoms with Gasteiger partial charge in [0.15, 0.2) is 0 Å². The van der Waals surface area contributed by atoms with Gasteiger partial charge in [-0.2, -0.15) is 0 Å². The summed E-state index contributed by atoms with van der Waals surface area (Å²) in [6.45, 7) is 4.19. The lowest BCUT2D eigenvalue weighted by molar-refractivity contribution is 0.494. The van der Waals surface area contributed by atoms with Crippen molar-refractivity contribution in [3.63, 3.8) is 0 Å². The molecule has 3 N–H and O–H groups in total. The molecule has 0 saturated heterocycles. The lowest BCUT2D eigenvalue weighted by Gasteiger charge is -2.12. The Kier molecular flexibility index (Phi) is 4.09. The maximum atomic E-state index is 6.08. The molecule has 0 bridgehead atoms. The van der Waals surface area contributed by atoms with Crippen LogP contribution in [0.3, 0.4) is 0 Å². The minimum atomic E-state index is -0.0378. The van der Waals surface area contributed by atoms with Gasteiger partial charge < -0.3 is 10.7 Å². The second-order valence-corrected chi connectivity index (χ2v) is 5.56. The number of aromatic amines is 1. The fraction of sp³-hybridized carbons (Fsp3) is 0.357. The molecule has 0 unspecified atom stereocenters. The number of hydrogen-bond donors (Lipinski definition) is 2. The number of H-pyrrole nitrogens is 1. The van der Waals surface area contributed by atoms with E-state index in [9.17, 15) is 0 Å². The minimum absolute atomic E-state index is 0.0378. The minimum Gasteiger partial charge on any atom is -0.341 e. The molecule has 0 saturated carbocycles. The lowest BCUT2D eigenvalue weighted by atomic mass is 10.1. The van der Waals surface area contributed by atoms with Crippen molar-refractivity contribution in [3.8, 4) is 11.3 Å². The summed E-state index contributed by atoms with van der Waals surface area (Å²) in [5, 5.41) is 0. The second-order valence-electron chi connectivity index (χ2n) is 4.68. The van der Waals surface area contributed by atoms with Crippen LogP contribution >= 0.6 is 11.8 Å². The number of nitrogens with one attached hydrogen (secondary N) is 1.